The highest BCUT2D eigenvalue weighted by Gasteiger charge is 2.31. The lowest BCUT2D eigenvalue weighted by Gasteiger charge is -2.23. The van der Waals surface area contributed by atoms with Gasteiger partial charge in [-0.05, 0) is 30.7 Å². The zero-order valence-electron chi connectivity index (χ0n) is 13.2. The molecule has 0 radical (unpaired) electrons. The minimum atomic E-state index is -4.85. The van der Waals surface area contributed by atoms with E-state index in [-0.39, 0.29) is 22.3 Å². The van der Waals surface area contributed by atoms with Crippen molar-refractivity contribution in [2.24, 2.45) is 0 Å². The smallest absolute Gasteiger partial charge is 0.573 e. The lowest BCUT2D eigenvalue weighted by atomic mass is 10.3. The van der Waals surface area contributed by atoms with Crippen molar-refractivity contribution < 1.29 is 36.2 Å². The summed E-state index contributed by atoms with van der Waals surface area (Å²) in [6.07, 6.45) is -2.87. The summed E-state index contributed by atoms with van der Waals surface area (Å²) in [6, 6.07) is 4.19. The van der Waals surface area contributed by atoms with E-state index in [1.807, 2.05) is 0 Å². The Labute approximate surface area is 152 Å². The second-order valence-electron chi connectivity index (χ2n) is 4.74. The average molecular weight is 409 g/mol. The van der Waals surface area contributed by atoms with Gasteiger partial charge in [0.2, 0.25) is 10.2 Å². The monoisotopic (exact) mass is 409 g/mol. The first kappa shape index (κ1) is 20.1. The van der Waals surface area contributed by atoms with E-state index < -0.39 is 29.3 Å². The van der Waals surface area contributed by atoms with Gasteiger partial charge in [-0.3, -0.25) is 9.00 Å². The fourth-order valence-electron chi connectivity index (χ4n) is 1.80. The molecule has 0 aliphatic carbocycles. The van der Waals surface area contributed by atoms with Crippen molar-refractivity contribution in [2.75, 3.05) is 4.31 Å². The van der Waals surface area contributed by atoms with Crippen LogP contribution in [-0.4, -0.2) is 26.1 Å². The van der Waals surface area contributed by atoms with Crippen LogP contribution in [0.5, 0.6) is 10.8 Å². The van der Waals surface area contributed by atoms with E-state index >= 15 is 0 Å². The van der Waals surface area contributed by atoms with Gasteiger partial charge in [0.15, 0.2) is 0 Å². The topological polar surface area (TPSA) is 91.8 Å². The van der Waals surface area contributed by atoms with Gasteiger partial charge in [0.1, 0.15) is 5.75 Å². The number of esters is 1. The molecule has 0 amide bonds. The summed E-state index contributed by atoms with van der Waals surface area (Å²) in [6.45, 7) is 1.80. The van der Waals surface area contributed by atoms with Gasteiger partial charge in [-0.15, -0.1) is 13.2 Å². The van der Waals surface area contributed by atoms with E-state index in [2.05, 4.69) is 9.72 Å². The molecule has 1 unspecified atom stereocenters. The lowest BCUT2D eigenvalue weighted by Crippen LogP contribution is -2.19. The third-order valence-corrected chi connectivity index (χ3v) is 4.43. The maximum atomic E-state index is 12.2. The number of alkyl halides is 3. The molecule has 0 N–H and O–H groups in total. The molecular formula is C14H12F3N2O5S2-. The quantitative estimate of drug-likeness (QED) is 0.512. The lowest BCUT2D eigenvalue weighted by molar-refractivity contribution is -0.274. The van der Waals surface area contributed by atoms with Crippen molar-refractivity contribution in [1.82, 2.24) is 4.98 Å². The number of benzene rings is 1. The van der Waals surface area contributed by atoms with E-state index in [0.29, 0.717) is 6.42 Å². The number of halogens is 3. The summed E-state index contributed by atoms with van der Waals surface area (Å²) in [4.78, 5) is 15.3. The second kappa shape index (κ2) is 8.47. The molecule has 0 aliphatic rings. The Morgan fingerprint density at radius 1 is 1.35 bits per heavy atom. The van der Waals surface area contributed by atoms with Crippen LogP contribution in [0.3, 0.4) is 0 Å². The van der Waals surface area contributed by atoms with E-state index in [4.69, 9.17) is 4.74 Å². The van der Waals surface area contributed by atoms with Gasteiger partial charge in [-0.25, -0.2) is 9.29 Å². The summed E-state index contributed by atoms with van der Waals surface area (Å²) in [7, 11) is 0. The Kier molecular flexibility index (Phi) is 6.56. The zero-order chi connectivity index (χ0) is 19.3. The molecule has 0 fully saturated rings. The molecule has 2 aromatic rings. The van der Waals surface area contributed by atoms with E-state index in [1.165, 1.54) is 6.20 Å². The Hall–Kier alpha value is -2.18. The molecule has 0 bridgehead atoms. The number of anilines is 2. The molecule has 0 saturated carbocycles. The van der Waals surface area contributed by atoms with Gasteiger partial charge < -0.3 is 14.0 Å². The average Bonchev–Trinajstić information content (AvgIpc) is 2.95. The SMILES string of the molecule is CCCC(=O)Oc1cnc(N(c2ccc(OC(F)(F)F)cc2)S(=O)[O-])s1. The number of nitrogens with zero attached hydrogens (tertiary/aromatic N) is 2. The van der Waals surface area contributed by atoms with E-state index in [0.717, 1.165) is 39.9 Å². The van der Waals surface area contributed by atoms with Crippen LogP contribution < -0.4 is 13.8 Å². The predicted octanol–water partition coefficient (Wildman–Crippen LogP) is 3.68. The van der Waals surface area contributed by atoms with Crippen molar-refractivity contribution in [3.05, 3.63) is 30.5 Å². The van der Waals surface area contributed by atoms with Crippen molar-refractivity contribution in [3.8, 4) is 10.8 Å². The van der Waals surface area contributed by atoms with Crippen LogP contribution >= 0.6 is 11.3 Å². The molecule has 1 atom stereocenters. The van der Waals surface area contributed by atoms with Crippen LogP contribution in [0, 0.1) is 0 Å². The van der Waals surface area contributed by atoms with Crippen molar-refractivity contribution in [2.45, 2.75) is 26.1 Å². The Morgan fingerprint density at radius 3 is 2.54 bits per heavy atom. The van der Waals surface area contributed by atoms with Crippen molar-refractivity contribution >= 4 is 39.4 Å². The summed E-state index contributed by atoms with van der Waals surface area (Å²) < 4.78 is 69.1. The van der Waals surface area contributed by atoms with Crippen LogP contribution in [0.15, 0.2) is 30.5 Å². The summed E-state index contributed by atoms with van der Waals surface area (Å²) in [5.74, 6) is -0.975. The number of ether oxygens (including phenoxy) is 2. The van der Waals surface area contributed by atoms with Gasteiger partial charge in [0, 0.05) is 6.42 Å². The molecule has 0 spiro atoms. The highest BCUT2D eigenvalue weighted by Crippen LogP contribution is 2.35. The Morgan fingerprint density at radius 2 is 2.00 bits per heavy atom. The van der Waals surface area contributed by atoms with Gasteiger partial charge in [-0.2, -0.15) is 0 Å². The largest absolute Gasteiger partial charge is 0.755 e. The number of carbonyl (C=O) groups is 1. The summed E-state index contributed by atoms with van der Waals surface area (Å²) >= 11 is -2.01. The molecule has 1 aromatic heterocycles. The van der Waals surface area contributed by atoms with Crippen molar-refractivity contribution in [3.63, 3.8) is 0 Å². The number of aromatic nitrogens is 1. The minimum absolute atomic E-state index is 0.0358. The molecule has 1 aromatic carbocycles. The van der Waals surface area contributed by atoms with Crippen LogP contribution in [0.1, 0.15) is 19.8 Å². The van der Waals surface area contributed by atoms with Gasteiger partial charge in [-0.1, -0.05) is 18.3 Å². The van der Waals surface area contributed by atoms with Gasteiger partial charge in [0.25, 0.3) is 0 Å². The molecule has 0 aliphatic heterocycles. The fourth-order valence-corrected chi connectivity index (χ4v) is 3.28. The zero-order valence-corrected chi connectivity index (χ0v) is 14.8. The van der Waals surface area contributed by atoms with Crippen LogP contribution in [-0.2, 0) is 16.1 Å². The molecule has 1 heterocycles. The standard InChI is InChI=1S/C14H13F3N2O5S2/c1-2-3-11(20)23-12-8-18-13(25-12)19(26(21)22)9-4-6-10(7-5-9)24-14(15,16)17/h4-8H,2-3H2,1H3,(H,21,22)/p-1. The first-order valence-corrected chi connectivity index (χ1v) is 8.96. The maximum absolute atomic E-state index is 12.2. The van der Waals surface area contributed by atoms with Gasteiger partial charge in [0.05, 0.1) is 23.2 Å². The number of rotatable bonds is 7. The fraction of sp³-hybridized carbons (Fsp3) is 0.286. The highest BCUT2D eigenvalue weighted by molar-refractivity contribution is 7.81. The Balaban J connectivity index is 2.20. The molecular weight excluding hydrogens is 397 g/mol. The molecule has 0 saturated heterocycles. The van der Waals surface area contributed by atoms with E-state index in [9.17, 15) is 26.7 Å². The predicted molar refractivity (Wildman–Crippen MR) is 86.8 cm³/mol. The third-order valence-electron chi connectivity index (χ3n) is 2.77. The van der Waals surface area contributed by atoms with E-state index in [1.54, 1.807) is 6.92 Å². The molecule has 26 heavy (non-hydrogen) atoms. The van der Waals surface area contributed by atoms with Crippen LogP contribution in [0.25, 0.3) is 0 Å². The molecule has 12 heteroatoms. The summed E-state index contributed by atoms with van der Waals surface area (Å²) in [5, 5.41) is 0.0630. The normalized spacial score (nSPS) is 12.5. The minimum Gasteiger partial charge on any atom is -0.755 e. The second-order valence-corrected chi connectivity index (χ2v) is 6.51. The summed E-state index contributed by atoms with van der Waals surface area (Å²) in [5.41, 5.74) is 0.0358. The Bertz CT molecular complexity index is 780. The first-order valence-electron chi connectivity index (χ1n) is 7.11. The molecule has 7 nitrogen and oxygen atoms in total. The van der Waals surface area contributed by atoms with Crippen LogP contribution in [0.4, 0.5) is 24.0 Å². The van der Waals surface area contributed by atoms with Crippen LogP contribution in [0.2, 0.25) is 0 Å². The third kappa shape index (κ3) is 5.68. The number of hydrogen-bond acceptors (Lipinski definition) is 7. The van der Waals surface area contributed by atoms with Gasteiger partial charge >= 0.3 is 12.3 Å². The maximum Gasteiger partial charge on any atom is 0.573 e. The first-order chi connectivity index (χ1) is 12.2. The van der Waals surface area contributed by atoms with Crippen molar-refractivity contribution in [1.29, 1.82) is 0 Å². The number of thiazole rings is 1. The molecule has 142 valence electrons. The number of carbonyl (C=O) groups excluding carboxylic acids is 1. The number of hydrogen-bond donors (Lipinski definition) is 0. The highest BCUT2D eigenvalue weighted by atomic mass is 32.2. The molecule has 2 rings (SSSR count).